The molecular formula is C28H38N4O5S. The van der Waals surface area contributed by atoms with Crippen molar-refractivity contribution < 1.29 is 22.7 Å². The Balaban J connectivity index is 1.25. The highest BCUT2D eigenvalue weighted by Gasteiger charge is 2.48. The molecule has 5 rings (SSSR count). The Morgan fingerprint density at radius 2 is 1.71 bits per heavy atom. The molecule has 1 spiro atoms. The number of morpholine rings is 1. The summed E-state index contributed by atoms with van der Waals surface area (Å²) in [5, 5.41) is 4.30. The molecule has 10 heteroatoms. The largest absolute Gasteiger partial charge is 0.370 e. The molecule has 206 valence electrons. The fraction of sp³-hybridized carbons (Fsp3) is 0.607. The van der Waals surface area contributed by atoms with E-state index in [2.05, 4.69) is 12.2 Å². The first-order valence-corrected chi connectivity index (χ1v) is 15.2. The Kier molecular flexibility index (Phi) is 7.50. The Bertz CT molecular complexity index is 1250. The van der Waals surface area contributed by atoms with Crippen LogP contribution < -0.4 is 10.2 Å². The van der Waals surface area contributed by atoms with E-state index in [1.54, 1.807) is 11.0 Å². The van der Waals surface area contributed by atoms with Crippen molar-refractivity contribution in [2.24, 2.45) is 16.8 Å². The summed E-state index contributed by atoms with van der Waals surface area (Å²) < 4.78 is 33.1. The van der Waals surface area contributed by atoms with Gasteiger partial charge in [-0.25, -0.2) is 8.42 Å². The molecule has 3 fully saturated rings. The van der Waals surface area contributed by atoms with Crippen LogP contribution in [0, 0.1) is 25.7 Å². The summed E-state index contributed by atoms with van der Waals surface area (Å²) in [5.74, 6) is 1.68. The molecule has 2 amide bonds. The minimum atomic E-state index is -3.67. The van der Waals surface area contributed by atoms with Crippen LogP contribution in [0.4, 0.5) is 5.69 Å². The van der Waals surface area contributed by atoms with Gasteiger partial charge >= 0.3 is 0 Å². The van der Waals surface area contributed by atoms with Gasteiger partial charge in [-0.2, -0.15) is 4.31 Å². The van der Waals surface area contributed by atoms with Crippen LogP contribution in [0.1, 0.15) is 62.1 Å². The number of nitrogens with zero attached hydrogens (tertiary/aromatic N) is 3. The van der Waals surface area contributed by atoms with Gasteiger partial charge in [-0.15, -0.1) is 0 Å². The van der Waals surface area contributed by atoms with Crippen molar-refractivity contribution in [3.63, 3.8) is 0 Å². The number of amides is 2. The first kappa shape index (κ1) is 27.0. The van der Waals surface area contributed by atoms with Crippen molar-refractivity contribution in [1.82, 2.24) is 9.62 Å². The number of rotatable bonds is 5. The molecule has 38 heavy (non-hydrogen) atoms. The lowest BCUT2D eigenvalue weighted by Crippen LogP contribution is -2.50. The second-order valence-electron chi connectivity index (χ2n) is 11.3. The standard InChI is InChI=1S/C28H38N4O5S/c1-19-4-6-22(7-5-19)26-29-27(34)28(30-26)9-11-31(12-10-28)38(35,36)15-8-24-20(2)16-23(17-21(24)3)32-13-14-37-18-25(32)33/h8,15-17,19,22H,4-7,9-14,18H2,1-3H3,(H,29,30,34). The highest BCUT2D eigenvalue weighted by atomic mass is 32.2. The van der Waals surface area contributed by atoms with Gasteiger partial charge in [0.2, 0.25) is 10.0 Å². The van der Waals surface area contributed by atoms with Crippen molar-refractivity contribution in [3.8, 4) is 0 Å². The molecule has 0 bridgehead atoms. The van der Waals surface area contributed by atoms with E-state index in [-0.39, 0.29) is 31.5 Å². The summed E-state index contributed by atoms with van der Waals surface area (Å²) >= 11 is 0. The van der Waals surface area contributed by atoms with Crippen LogP contribution in [-0.2, 0) is 24.3 Å². The molecule has 1 aromatic rings. The summed E-state index contributed by atoms with van der Waals surface area (Å²) in [6.07, 6.45) is 6.81. The van der Waals surface area contributed by atoms with E-state index < -0.39 is 15.6 Å². The molecular weight excluding hydrogens is 504 g/mol. The third kappa shape index (κ3) is 5.31. The van der Waals surface area contributed by atoms with Gasteiger partial charge in [0.15, 0.2) is 0 Å². The number of amidine groups is 1. The predicted octanol–water partition coefficient (Wildman–Crippen LogP) is 3.16. The molecule has 3 heterocycles. The first-order valence-electron chi connectivity index (χ1n) is 13.7. The van der Waals surface area contributed by atoms with Crippen LogP contribution in [0.3, 0.4) is 0 Å². The number of hydrogen-bond acceptors (Lipinski definition) is 6. The maximum atomic E-state index is 13.2. The molecule has 0 atom stereocenters. The number of aliphatic imine (C=N–C) groups is 1. The lowest BCUT2D eigenvalue weighted by atomic mass is 9.82. The molecule has 2 saturated heterocycles. The predicted molar refractivity (Wildman–Crippen MR) is 147 cm³/mol. The average molecular weight is 543 g/mol. The van der Waals surface area contributed by atoms with E-state index in [0.717, 1.165) is 59.8 Å². The van der Waals surface area contributed by atoms with Crippen molar-refractivity contribution >= 4 is 39.4 Å². The van der Waals surface area contributed by atoms with E-state index >= 15 is 0 Å². The van der Waals surface area contributed by atoms with Crippen molar-refractivity contribution in [3.05, 3.63) is 34.2 Å². The average Bonchev–Trinajstić information content (AvgIpc) is 3.19. The van der Waals surface area contributed by atoms with Gasteiger partial charge in [0.25, 0.3) is 11.8 Å². The van der Waals surface area contributed by atoms with Crippen molar-refractivity contribution in [1.29, 1.82) is 0 Å². The zero-order valence-corrected chi connectivity index (χ0v) is 23.3. The third-order valence-corrected chi connectivity index (χ3v) is 10.2. The highest BCUT2D eigenvalue weighted by Crippen LogP contribution is 2.36. The van der Waals surface area contributed by atoms with Crippen LogP contribution in [0.5, 0.6) is 0 Å². The van der Waals surface area contributed by atoms with Gasteiger partial charge < -0.3 is 15.0 Å². The fourth-order valence-electron chi connectivity index (χ4n) is 6.12. The zero-order valence-electron chi connectivity index (χ0n) is 22.5. The van der Waals surface area contributed by atoms with Gasteiger partial charge in [-0.3, -0.25) is 14.6 Å². The monoisotopic (exact) mass is 542 g/mol. The van der Waals surface area contributed by atoms with Crippen LogP contribution in [0.2, 0.25) is 0 Å². The number of benzene rings is 1. The Hall–Kier alpha value is -2.56. The van der Waals surface area contributed by atoms with E-state index in [4.69, 9.17) is 9.73 Å². The number of hydrogen-bond donors (Lipinski definition) is 1. The van der Waals surface area contributed by atoms with E-state index in [0.29, 0.717) is 31.9 Å². The molecule has 1 saturated carbocycles. The lowest BCUT2D eigenvalue weighted by molar-refractivity contribution is -0.126. The zero-order chi connectivity index (χ0) is 27.1. The summed E-state index contributed by atoms with van der Waals surface area (Å²) in [5.41, 5.74) is 2.56. The molecule has 0 radical (unpaired) electrons. The van der Waals surface area contributed by atoms with Gasteiger partial charge in [0.1, 0.15) is 18.0 Å². The molecule has 1 aliphatic carbocycles. The maximum Gasteiger partial charge on any atom is 0.253 e. The van der Waals surface area contributed by atoms with Crippen LogP contribution in [0.25, 0.3) is 6.08 Å². The number of carbonyl (C=O) groups is 2. The minimum absolute atomic E-state index is 0.0727. The highest BCUT2D eigenvalue weighted by molar-refractivity contribution is 7.92. The summed E-state index contributed by atoms with van der Waals surface area (Å²) in [7, 11) is -3.67. The SMILES string of the molecule is Cc1cc(N2CCOCC2=O)cc(C)c1C=CS(=O)(=O)N1CCC2(CC1)N=C(C1CCC(C)CC1)NC2=O. The number of carbonyl (C=O) groups excluding carboxylic acids is 2. The topological polar surface area (TPSA) is 108 Å². The Labute approximate surface area is 225 Å². The van der Waals surface area contributed by atoms with E-state index in [9.17, 15) is 18.0 Å². The molecule has 1 N–H and O–H groups in total. The van der Waals surface area contributed by atoms with Gasteiger partial charge in [0, 0.05) is 36.6 Å². The van der Waals surface area contributed by atoms with Crippen molar-refractivity contribution in [2.45, 2.75) is 64.8 Å². The van der Waals surface area contributed by atoms with E-state index in [1.807, 2.05) is 26.0 Å². The summed E-state index contributed by atoms with van der Waals surface area (Å²) in [4.78, 5) is 31.7. The first-order chi connectivity index (χ1) is 18.1. The lowest BCUT2D eigenvalue weighted by Gasteiger charge is -2.34. The Morgan fingerprint density at radius 1 is 1.05 bits per heavy atom. The maximum absolute atomic E-state index is 13.2. The second-order valence-corrected chi connectivity index (χ2v) is 13.1. The molecule has 1 aromatic carbocycles. The van der Waals surface area contributed by atoms with Crippen LogP contribution in [-0.4, -0.2) is 68.8 Å². The number of aryl methyl sites for hydroxylation is 2. The number of ether oxygens (including phenoxy) is 1. The molecule has 0 unspecified atom stereocenters. The minimum Gasteiger partial charge on any atom is -0.370 e. The fourth-order valence-corrected chi connectivity index (χ4v) is 7.29. The number of anilines is 1. The van der Waals surface area contributed by atoms with Crippen molar-refractivity contribution in [2.75, 3.05) is 37.7 Å². The number of nitrogens with one attached hydrogen (secondary N) is 1. The van der Waals surface area contributed by atoms with E-state index in [1.165, 1.54) is 9.71 Å². The smallest absolute Gasteiger partial charge is 0.253 e. The number of sulfonamides is 1. The van der Waals surface area contributed by atoms with Gasteiger partial charge in [-0.05, 0) is 80.3 Å². The summed E-state index contributed by atoms with van der Waals surface area (Å²) in [6.45, 7) is 7.69. The molecule has 0 aromatic heterocycles. The molecule has 4 aliphatic rings. The molecule has 3 aliphatic heterocycles. The number of piperidine rings is 1. The van der Waals surface area contributed by atoms with Crippen LogP contribution >= 0.6 is 0 Å². The summed E-state index contributed by atoms with van der Waals surface area (Å²) in [6, 6.07) is 3.82. The van der Waals surface area contributed by atoms with Gasteiger partial charge in [0.05, 0.1) is 6.61 Å². The second kappa shape index (κ2) is 10.5. The molecule has 9 nitrogen and oxygen atoms in total. The quantitative estimate of drug-likeness (QED) is 0.615. The van der Waals surface area contributed by atoms with Gasteiger partial charge in [-0.1, -0.05) is 19.8 Å². The normalized spacial score (nSPS) is 26.7. The Morgan fingerprint density at radius 3 is 2.34 bits per heavy atom. The van der Waals surface area contributed by atoms with Crippen LogP contribution in [0.15, 0.2) is 22.5 Å². The third-order valence-electron chi connectivity index (χ3n) is 8.59.